The standard InChI is InChI=1S/C54H46O16S4/c1-3-64-40-6-22-48(23-7-40)72(57,58)50-26-10-42(11-27-50)66-37-68-44-14-30-52(31-15-44)74(61,62)54-34-18-46(19-35-54)70-38-69-45-16-32-53(33-17-45)73(59,60)51-28-12-43(13-29-51)67-36-65-41-8-24-49(25-9-41)71(55,56)47-20-4-39(63-2)5-21-47/h4-35H,3,36-38H2,1-2H3. The molecule has 16 nitrogen and oxygen atoms in total. The summed E-state index contributed by atoms with van der Waals surface area (Å²) in [6.07, 6.45) is 0. The molecule has 0 unspecified atom stereocenters. The molecule has 0 spiro atoms. The quantitative estimate of drug-likeness (QED) is 0.0546. The van der Waals surface area contributed by atoms with Crippen molar-refractivity contribution in [1.82, 2.24) is 0 Å². The van der Waals surface area contributed by atoms with E-state index in [1.807, 2.05) is 6.92 Å². The van der Waals surface area contributed by atoms with Crippen LogP contribution in [0.4, 0.5) is 0 Å². The zero-order valence-electron chi connectivity index (χ0n) is 39.5. The Bertz CT molecular complexity index is 3610. The summed E-state index contributed by atoms with van der Waals surface area (Å²) in [6, 6.07) is 47.0. The van der Waals surface area contributed by atoms with Gasteiger partial charge in [0.05, 0.1) is 52.9 Å². The Morgan fingerprint density at radius 1 is 0.243 bits per heavy atom. The average molecular weight is 1080 g/mol. The van der Waals surface area contributed by atoms with E-state index in [-0.39, 0.29) is 59.5 Å². The molecule has 0 aliphatic heterocycles. The lowest BCUT2D eigenvalue weighted by atomic mass is 10.3. The van der Waals surface area contributed by atoms with Gasteiger partial charge in [-0.05, 0) is 201 Å². The second kappa shape index (κ2) is 22.8. The number of methoxy groups -OCH3 is 1. The van der Waals surface area contributed by atoms with Gasteiger partial charge in [-0.15, -0.1) is 0 Å². The Labute approximate surface area is 428 Å². The number of hydrogen-bond acceptors (Lipinski definition) is 16. The third-order valence-corrected chi connectivity index (χ3v) is 18.1. The average Bonchev–Trinajstić information content (AvgIpc) is 3.42. The summed E-state index contributed by atoms with van der Waals surface area (Å²) in [5.74, 6) is 3.16. The molecule has 0 N–H and O–H groups in total. The Hall–Kier alpha value is -8.04. The van der Waals surface area contributed by atoms with Crippen LogP contribution in [0.2, 0.25) is 0 Å². The normalized spacial score (nSPS) is 11.8. The van der Waals surface area contributed by atoms with Crippen LogP contribution in [0.15, 0.2) is 233 Å². The van der Waals surface area contributed by atoms with Crippen molar-refractivity contribution in [3.05, 3.63) is 194 Å². The number of sulfone groups is 4. The van der Waals surface area contributed by atoms with E-state index in [9.17, 15) is 33.7 Å². The summed E-state index contributed by atoms with van der Waals surface area (Å²) >= 11 is 0. The minimum absolute atomic E-state index is 0.0188. The molecule has 74 heavy (non-hydrogen) atoms. The first kappa shape index (κ1) is 52.3. The monoisotopic (exact) mass is 1080 g/mol. The molecular formula is C54H46O16S4. The molecule has 8 rings (SSSR count). The van der Waals surface area contributed by atoms with Gasteiger partial charge in [0.15, 0.2) is 0 Å². The van der Waals surface area contributed by atoms with Crippen LogP contribution in [0.5, 0.6) is 46.0 Å². The lowest BCUT2D eigenvalue weighted by Gasteiger charge is -2.12. The van der Waals surface area contributed by atoms with Gasteiger partial charge in [0, 0.05) is 0 Å². The molecule has 20 heteroatoms. The molecule has 8 aromatic carbocycles. The zero-order chi connectivity index (χ0) is 52.4. The highest BCUT2D eigenvalue weighted by molar-refractivity contribution is 7.92. The molecule has 0 heterocycles. The summed E-state index contributed by atoms with van der Waals surface area (Å²) < 4.78 is 150. The van der Waals surface area contributed by atoms with E-state index in [2.05, 4.69) is 0 Å². The SMILES string of the molecule is CCOc1ccc(S(=O)(=O)c2ccc(OCOc3ccc(S(=O)(=O)c4ccc(OCOc5ccc(S(=O)(=O)c6ccc(OCOc7ccc(S(=O)(=O)c8ccc(OC)cc8)cc7)cc6)cc5)cc4)cc3)cc2)cc1. The van der Waals surface area contributed by atoms with Crippen LogP contribution < -0.4 is 37.9 Å². The number of rotatable bonds is 23. The Morgan fingerprint density at radius 3 is 0.541 bits per heavy atom. The van der Waals surface area contributed by atoms with Gasteiger partial charge in [-0.3, -0.25) is 0 Å². The van der Waals surface area contributed by atoms with E-state index >= 15 is 0 Å². The third kappa shape index (κ3) is 12.4. The van der Waals surface area contributed by atoms with Gasteiger partial charge in [0.25, 0.3) is 0 Å². The summed E-state index contributed by atoms with van der Waals surface area (Å²) in [7, 11) is -13.8. The minimum atomic E-state index is -3.91. The fraction of sp³-hybridized carbons (Fsp3) is 0.111. The van der Waals surface area contributed by atoms with Crippen LogP contribution in [0.25, 0.3) is 0 Å². The maximum atomic E-state index is 13.4. The van der Waals surface area contributed by atoms with E-state index in [0.29, 0.717) is 52.6 Å². The lowest BCUT2D eigenvalue weighted by Crippen LogP contribution is -2.07. The van der Waals surface area contributed by atoms with E-state index < -0.39 is 39.3 Å². The molecule has 0 radical (unpaired) electrons. The molecule has 0 bridgehead atoms. The second-order valence-electron chi connectivity index (χ2n) is 15.6. The fourth-order valence-electron chi connectivity index (χ4n) is 6.97. The highest BCUT2D eigenvalue weighted by Gasteiger charge is 2.22. The molecule has 0 fully saturated rings. The molecule has 0 aliphatic carbocycles. The van der Waals surface area contributed by atoms with Crippen molar-refractivity contribution < 1.29 is 71.6 Å². The molecule has 0 aliphatic rings. The summed E-state index contributed by atoms with van der Waals surface area (Å²) in [5.41, 5.74) is 0. The summed E-state index contributed by atoms with van der Waals surface area (Å²) in [5, 5.41) is 0. The summed E-state index contributed by atoms with van der Waals surface area (Å²) in [4.78, 5) is 0.511. The van der Waals surface area contributed by atoms with E-state index in [0.717, 1.165) is 0 Å². The predicted molar refractivity (Wildman–Crippen MR) is 269 cm³/mol. The summed E-state index contributed by atoms with van der Waals surface area (Å²) in [6.45, 7) is 1.59. The van der Waals surface area contributed by atoms with Crippen molar-refractivity contribution in [3.63, 3.8) is 0 Å². The van der Waals surface area contributed by atoms with Gasteiger partial charge in [-0.1, -0.05) is 0 Å². The molecular weight excluding hydrogens is 1030 g/mol. The second-order valence-corrected chi connectivity index (χ2v) is 23.4. The van der Waals surface area contributed by atoms with Crippen molar-refractivity contribution in [2.75, 3.05) is 34.1 Å². The first-order chi connectivity index (χ1) is 35.6. The Kier molecular flexibility index (Phi) is 16.1. The molecule has 0 saturated heterocycles. The first-order valence-electron chi connectivity index (χ1n) is 22.3. The Morgan fingerprint density at radius 2 is 0.392 bits per heavy atom. The van der Waals surface area contributed by atoms with E-state index in [4.69, 9.17) is 37.9 Å². The number of benzene rings is 8. The number of ether oxygens (including phenoxy) is 8. The molecule has 0 atom stereocenters. The van der Waals surface area contributed by atoms with Crippen molar-refractivity contribution in [3.8, 4) is 46.0 Å². The number of hydrogen-bond donors (Lipinski definition) is 0. The van der Waals surface area contributed by atoms with Crippen LogP contribution in [0.1, 0.15) is 6.92 Å². The van der Waals surface area contributed by atoms with Crippen molar-refractivity contribution >= 4 is 39.3 Å². The third-order valence-electron chi connectivity index (χ3n) is 11.0. The molecule has 0 aromatic heterocycles. The van der Waals surface area contributed by atoms with Crippen LogP contribution in [-0.2, 0) is 39.3 Å². The van der Waals surface area contributed by atoms with Gasteiger partial charge in [0.2, 0.25) is 59.7 Å². The van der Waals surface area contributed by atoms with Crippen LogP contribution in [0.3, 0.4) is 0 Å². The maximum absolute atomic E-state index is 13.4. The molecule has 0 amide bonds. The Balaban J connectivity index is 0.757. The smallest absolute Gasteiger partial charge is 0.230 e. The first-order valence-corrected chi connectivity index (χ1v) is 28.2. The van der Waals surface area contributed by atoms with Crippen molar-refractivity contribution in [2.24, 2.45) is 0 Å². The molecule has 382 valence electrons. The molecule has 8 aromatic rings. The van der Waals surface area contributed by atoms with Crippen molar-refractivity contribution in [1.29, 1.82) is 0 Å². The van der Waals surface area contributed by atoms with Crippen LogP contribution in [0, 0.1) is 0 Å². The van der Waals surface area contributed by atoms with Gasteiger partial charge in [-0.2, -0.15) is 0 Å². The minimum Gasteiger partial charge on any atom is -0.497 e. The predicted octanol–water partition coefficient (Wildman–Crippen LogP) is 9.67. The van der Waals surface area contributed by atoms with Crippen molar-refractivity contribution in [2.45, 2.75) is 46.1 Å². The highest BCUT2D eigenvalue weighted by atomic mass is 32.2. The molecule has 0 saturated carbocycles. The maximum Gasteiger partial charge on any atom is 0.230 e. The van der Waals surface area contributed by atoms with E-state index in [1.54, 1.807) is 24.3 Å². The van der Waals surface area contributed by atoms with Gasteiger partial charge < -0.3 is 37.9 Å². The highest BCUT2D eigenvalue weighted by Crippen LogP contribution is 2.30. The van der Waals surface area contributed by atoms with E-state index in [1.165, 1.54) is 177 Å². The topological polar surface area (TPSA) is 210 Å². The lowest BCUT2D eigenvalue weighted by molar-refractivity contribution is 0.119. The van der Waals surface area contributed by atoms with Gasteiger partial charge in [0.1, 0.15) is 46.0 Å². The zero-order valence-corrected chi connectivity index (χ0v) is 42.7. The van der Waals surface area contributed by atoms with Crippen LogP contribution >= 0.6 is 0 Å². The van der Waals surface area contributed by atoms with Gasteiger partial charge >= 0.3 is 0 Å². The van der Waals surface area contributed by atoms with Crippen LogP contribution in [-0.4, -0.2) is 67.8 Å². The largest absolute Gasteiger partial charge is 0.497 e. The fourth-order valence-corrected chi connectivity index (χ4v) is 12.0. The van der Waals surface area contributed by atoms with Gasteiger partial charge in [-0.25, -0.2) is 33.7 Å².